The predicted octanol–water partition coefficient (Wildman–Crippen LogP) is 4.01. The van der Waals surface area contributed by atoms with Gasteiger partial charge in [-0.05, 0) is 34.9 Å². The monoisotopic (exact) mass is 328 g/mol. The zero-order valence-electron chi connectivity index (χ0n) is 13.1. The Hall–Kier alpha value is -1.81. The van der Waals surface area contributed by atoms with Gasteiger partial charge in [-0.3, -0.25) is 4.79 Å². The second kappa shape index (κ2) is 7.18. The second-order valence-electron chi connectivity index (χ2n) is 5.84. The summed E-state index contributed by atoms with van der Waals surface area (Å²) in [5.74, 6) is 0.544. The molecule has 0 aliphatic carbocycles. The molecule has 4 heteroatoms. The number of benzene rings is 2. The normalized spacial score (nSPS) is 23.8. The Labute approximate surface area is 140 Å². The van der Waals surface area contributed by atoms with Crippen molar-refractivity contribution >= 4 is 34.8 Å². The number of rotatable bonds is 5. The van der Waals surface area contributed by atoms with Crippen LogP contribution in [0.1, 0.15) is 24.2 Å². The molecule has 0 amide bonds. The summed E-state index contributed by atoms with van der Waals surface area (Å²) in [6.45, 7) is 2.19. The van der Waals surface area contributed by atoms with E-state index in [1.807, 2.05) is 12.1 Å². The van der Waals surface area contributed by atoms with Gasteiger partial charge in [0.1, 0.15) is 6.29 Å². The highest BCUT2D eigenvalue weighted by molar-refractivity contribution is 7.99. The number of esters is 1. The van der Waals surface area contributed by atoms with Crippen LogP contribution in [0.4, 0.5) is 0 Å². The van der Waals surface area contributed by atoms with Gasteiger partial charge in [0.2, 0.25) is 0 Å². The first-order chi connectivity index (χ1) is 11.2. The molecule has 3 atom stereocenters. The van der Waals surface area contributed by atoms with Crippen LogP contribution < -0.4 is 0 Å². The lowest BCUT2D eigenvalue weighted by Crippen LogP contribution is -2.20. The van der Waals surface area contributed by atoms with Crippen molar-refractivity contribution in [2.45, 2.75) is 18.6 Å². The van der Waals surface area contributed by atoms with Crippen molar-refractivity contribution in [1.82, 2.24) is 0 Å². The minimum absolute atomic E-state index is 0.0630. The molecule has 1 saturated heterocycles. The maximum absolute atomic E-state index is 11.7. The summed E-state index contributed by atoms with van der Waals surface area (Å²) < 4.78 is 5.03. The molecule has 1 aliphatic heterocycles. The highest BCUT2D eigenvalue weighted by Gasteiger charge is 2.38. The van der Waals surface area contributed by atoms with Crippen LogP contribution in [0.3, 0.4) is 0 Å². The summed E-state index contributed by atoms with van der Waals surface area (Å²) >= 11 is 1.77. The quantitative estimate of drug-likeness (QED) is 0.614. The van der Waals surface area contributed by atoms with E-state index in [4.69, 9.17) is 4.74 Å². The number of thioether (sulfide) groups is 1. The average molecular weight is 328 g/mol. The summed E-state index contributed by atoms with van der Waals surface area (Å²) in [6.07, 6.45) is 1.35. The van der Waals surface area contributed by atoms with E-state index in [0.29, 0.717) is 13.0 Å². The lowest BCUT2D eigenvalue weighted by molar-refractivity contribution is -0.144. The van der Waals surface area contributed by atoms with Crippen molar-refractivity contribution in [2.75, 3.05) is 12.4 Å². The molecule has 3 rings (SSSR count). The van der Waals surface area contributed by atoms with Gasteiger partial charge in [0, 0.05) is 17.6 Å². The number of aldehydes is 1. The molecule has 1 aliphatic rings. The van der Waals surface area contributed by atoms with E-state index in [1.165, 1.54) is 10.8 Å². The third-order valence-corrected chi connectivity index (χ3v) is 5.94. The first-order valence-electron chi connectivity index (χ1n) is 7.94. The number of hydrogen-bond acceptors (Lipinski definition) is 4. The van der Waals surface area contributed by atoms with Gasteiger partial charge in [0.15, 0.2) is 0 Å². The summed E-state index contributed by atoms with van der Waals surface area (Å²) in [6, 6.07) is 14.6. The Morgan fingerprint density at radius 3 is 2.78 bits per heavy atom. The topological polar surface area (TPSA) is 43.4 Å². The van der Waals surface area contributed by atoms with E-state index in [-0.39, 0.29) is 23.1 Å². The Bertz CT molecular complexity index is 713. The third-order valence-electron chi connectivity index (χ3n) is 4.38. The van der Waals surface area contributed by atoms with Gasteiger partial charge in [0.05, 0.1) is 6.61 Å². The maximum atomic E-state index is 11.7. The SMILES string of the molecule is CCOC(=O)C[C@@H]1CS[C@H](c2ccc3ccccc3c2)[C@H]1C=O. The highest BCUT2D eigenvalue weighted by Crippen LogP contribution is 2.48. The fraction of sp³-hybridized carbons (Fsp3) is 0.368. The van der Waals surface area contributed by atoms with Gasteiger partial charge in [-0.1, -0.05) is 42.5 Å². The molecule has 1 fully saturated rings. The summed E-state index contributed by atoms with van der Waals surface area (Å²) in [7, 11) is 0. The molecule has 23 heavy (non-hydrogen) atoms. The summed E-state index contributed by atoms with van der Waals surface area (Å²) in [4.78, 5) is 23.4. The molecule has 0 radical (unpaired) electrons. The van der Waals surface area contributed by atoms with Crippen molar-refractivity contribution in [2.24, 2.45) is 11.8 Å². The lowest BCUT2D eigenvalue weighted by atomic mass is 9.86. The molecule has 0 saturated carbocycles. The highest BCUT2D eigenvalue weighted by atomic mass is 32.2. The van der Waals surface area contributed by atoms with Gasteiger partial charge in [-0.25, -0.2) is 0 Å². The van der Waals surface area contributed by atoms with Gasteiger partial charge < -0.3 is 9.53 Å². The smallest absolute Gasteiger partial charge is 0.306 e. The van der Waals surface area contributed by atoms with Crippen molar-refractivity contribution in [3.05, 3.63) is 48.0 Å². The second-order valence-corrected chi connectivity index (χ2v) is 7.02. The maximum Gasteiger partial charge on any atom is 0.306 e. The largest absolute Gasteiger partial charge is 0.466 e. The van der Waals surface area contributed by atoms with Crippen LogP contribution in [0, 0.1) is 11.8 Å². The molecule has 0 bridgehead atoms. The molecule has 0 spiro atoms. The molecule has 2 aromatic rings. The van der Waals surface area contributed by atoms with E-state index in [1.54, 1.807) is 18.7 Å². The van der Waals surface area contributed by atoms with Crippen LogP contribution in [0.5, 0.6) is 0 Å². The number of carbonyl (C=O) groups is 2. The first-order valence-corrected chi connectivity index (χ1v) is 8.99. The van der Waals surface area contributed by atoms with Crippen LogP contribution in [-0.4, -0.2) is 24.6 Å². The molecule has 0 unspecified atom stereocenters. The minimum Gasteiger partial charge on any atom is -0.466 e. The average Bonchev–Trinajstić information content (AvgIpc) is 2.97. The van der Waals surface area contributed by atoms with Crippen LogP contribution >= 0.6 is 11.8 Å². The fourth-order valence-corrected chi connectivity index (χ4v) is 4.85. The summed E-state index contributed by atoms with van der Waals surface area (Å²) in [5, 5.41) is 2.51. The van der Waals surface area contributed by atoms with E-state index in [9.17, 15) is 9.59 Å². The summed E-state index contributed by atoms with van der Waals surface area (Å²) in [5.41, 5.74) is 1.16. The van der Waals surface area contributed by atoms with E-state index in [0.717, 1.165) is 17.6 Å². The zero-order chi connectivity index (χ0) is 16.2. The van der Waals surface area contributed by atoms with Gasteiger partial charge >= 0.3 is 5.97 Å². The van der Waals surface area contributed by atoms with E-state index >= 15 is 0 Å². The van der Waals surface area contributed by atoms with Crippen LogP contribution in [0.2, 0.25) is 0 Å². The molecule has 3 nitrogen and oxygen atoms in total. The van der Waals surface area contributed by atoms with Crippen LogP contribution in [0.25, 0.3) is 10.8 Å². The van der Waals surface area contributed by atoms with Gasteiger partial charge in [-0.2, -0.15) is 11.8 Å². The van der Waals surface area contributed by atoms with Crippen molar-refractivity contribution in [1.29, 1.82) is 0 Å². The number of hydrogen-bond donors (Lipinski definition) is 0. The molecule has 0 N–H and O–H groups in total. The zero-order valence-corrected chi connectivity index (χ0v) is 13.9. The van der Waals surface area contributed by atoms with Crippen LogP contribution in [0.15, 0.2) is 42.5 Å². The van der Waals surface area contributed by atoms with Crippen molar-refractivity contribution < 1.29 is 14.3 Å². The van der Waals surface area contributed by atoms with Crippen molar-refractivity contribution in [3.8, 4) is 0 Å². The lowest BCUT2D eigenvalue weighted by Gasteiger charge is -2.18. The Morgan fingerprint density at radius 2 is 2.04 bits per heavy atom. The van der Waals surface area contributed by atoms with Crippen molar-refractivity contribution in [3.63, 3.8) is 0 Å². The fourth-order valence-electron chi connectivity index (χ4n) is 3.21. The number of fused-ring (bicyclic) bond motifs is 1. The predicted molar refractivity (Wildman–Crippen MR) is 93.4 cm³/mol. The standard InChI is InChI=1S/C19H20O3S/c1-2-22-18(21)10-16-12-23-19(17(16)11-20)15-8-7-13-5-3-4-6-14(13)9-15/h3-9,11,16-17,19H,2,10,12H2,1H3/t16-,17+,19-/m1/s1. The minimum atomic E-state index is -0.205. The van der Waals surface area contributed by atoms with E-state index < -0.39 is 0 Å². The Morgan fingerprint density at radius 1 is 1.26 bits per heavy atom. The first kappa shape index (κ1) is 16.1. The van der Waals surface area contributed by atoms with E-state index in [2.05, 4.69) is 30.3 Å². The molecule has 0 aromatic heterocycles. The molecule has 120 valence electrons. The number of carbonyl (C=O) groups excluding carboxylic acids is 2. The molecule has 2 aromatic carbocycles. The van der Waals surface area contributed by atoms with Gasteiger partial charge in [0.25, 0.3) is 0 Å². The molecule has 1 heterocycles. The molecular formula is C19H20O3S. The number of ether oxygens (including phenoxy) is 1. The van der Waals surface area contributed by atoms with Gasteiger partial charge in [-0.15, -0.1) is 0 Å². The Kier molecular flexibility index (Phi) is 5.01. The Balaban J connectivity index is 1.81. The van der Waals surface area contributed by atoms with Crippen LogP contribution in [-0.2, 0) is 14.3 Å². The molecular weight excluding hydrogens is 308 g/mol. The third kappa shape index (κ3) is 3.42.